The number of likely N-dealkylation sites (tertiary alicyclic amines) is 1. The highest BCUT2D eigenvalue weighted by atomic mass is 16.1. The molecular weight excluding hydrogens is 392 g/mol. The number of benzene rings is 3. The summed E-state index contributed by atoms with van der Waals surface area (Å²) in [5, 5.41) is 0. The average Bonchev–Trinajstić information content (AvgIpc) is 3.21. The lowest BCUT2D eigenvalue weighted by molar-refractivity contribution is -0.898. The molecule has 0 saturated carbocycles. The van der Waals surface area contributed by atoms with E-state index in [1.807, 2.05) is 91.0 Å². The first-order valence-corrected chi connectivity index (χ1v) is 11.3. The standard InChI is InChI=1S/C29H30N2O/c1-31(21-12-11-15-24-13-5-2-6-14-24)22-20-27(23-31)29(28(30)32,25-16-7-3-8-17-25)26-18-9-4-10-19-26/h2-10,13-14,16-19,27H,12,20-23H2,1H3,(H-,30,32)/p+1/t27?,31-/m1/s1. The molecule has 1 amide bonds. The van der Waals surface area contributed by atoms with Gasteiger partial charge in [0.1, 0.15) is 5.41 Å². The molecule has 1 aliphatic rings. The van der Waals surface area contributed by atoms with Crippen LogP contribution in [0, 0.1) is 17.8 Å². The monoisotopic (exact) mass is 423 g/mol. The van der Waals surface area contributed by atoms with Gasteiger partial charge in [0.25, 0.3) is 0 Å². The van der Waals surface area contributed by atoms with E-state index < -0.39 is 5.41 Å². The molecular formula is C29H31N2O+. The minimum atomic E-state index is -0.825. The van der Waals surface area contributed by atoms with E-state index in [-0.39, 0.29) is 11.8 Å². The van der Waals surface area contributed by atoms with E-state index in [1.165, 1.54) is 0 Å². The Morgan fingerprint density at radius 1 is 0.938 bits per heavy atom. The van der Waals surface area contributed by atoms with Gasteiger partial charge in [0.15, 0.2) is 0 Å². The summed E-state index contributed by atoms with van der Waals surface area (Å²) in [5.41, 5.74) is 8.42. The molecule has 1 saturated heterocycles. The SMILES string of the molecule is C[N@@+]1(CCC#Cc2ccccc2)CCC(C(C(N)=O)(c2ccccc2)c2ccccc2)C1. The first kappa shape index (κ1) is 21.9. The van der Waals surface area contributed by atoms with Crippen molar-refractivity contribution in [3.05, 3.63) is 108 Å². The normalized spacial score (nSPS) is 20.3. The average molecular weight is 424 g/mol. The van der Waals surface area contributed by atoms with E-state index in [1.54, 1.807) is 0 Å². The molecule has 0 radical (unpaired) electrons. The predicted octanol–water partition coefficient (Wildman–Crippen LogP) is 4.37. The van der Waals surface area contributed by atoms with E-state index in [9.17, 15) is 4.79 Å². The highest BCUT2D eigenvalue weighted by molar-refractivity contribution is 5.91. The number of carbonyl (C=O) groups excluding carboxylic acids is 1. The van der Waals surface area contributed by atoms with Crippen LogP contribution in [0.4, 0.5) is 0 Å². The molecule has 1 fully saturated rings. The van der Waals surface area contributed by atoms with Crippen LogP contribution in [-0.4, -0.2) is 37.1 Å². The molecule has 1 unspecified atom stereocenters. The highest BCUT2D eigenvalue weighted by Crippen LogP contribution is 2.45. The zero-order chi connectivity index (χ0) is 22.4. The van der Waals surface area contributed by atoms with Crippen molar-refractivity contribution in [3.8, 4) is 11.8 Å². The Morgan fingerprint density at radius 2 is 1.47 bits per heavy atom. The smallest absolute Gasteiger partial charge is 0.233 e. The van der Waals surface area contributed by atoms with Gasteiger partial charge in [0.2, 0.25) is 5.91 Å². The number of nitrogens with two attached hydrogens (primary N) is 1. The van der Waals surface area contributed by atoms with Gasteiger partial charge in [0, 0.05) is 17.9 Å². The van der Waals surface area contributed by atoms with Gasteiger partial charge >= 0.3 is 0 Å². The minimum absolute atomic E-state index is 0.136. The van der Waals surface area contributed by atoms with Crippen LogP contribution in [-0.2, 0) is 10.2 Å². The summed E-state index contributed by atoms with van der Waals surface area (Å²) < 4.78 is 0.906. The molecule has 32 heavy (non-hydrogen) atoms. The lowest BCUT2D eigenvalue weighted by Crippen LogP contribution is -2.51. The zero-order valence-electron chi connectivity index (χ0n) is 18.7. The number of quaternary nitrogens is 1. The Bertz CT molecular complexity index is 1060. The molecule has 0 aliphatic carbocycles. The summed E-state index contributed by atoms with van der Waals surface area (Å²) in [6, 6.07) is 30.3. The maximum Gasteiger partial charge on any atom is 0.233 e. The van der Waals surface area contributed by atoms with Gasteiger partial charge in [-0.2, -0.15) is 0 Å². The summed E-state index contributed by atoms with van der Waals surface area (Å²) in [6.45, 7) is 2.89. The van der Waals surface area contributed by atoms with Crippen molar-refractivity contribution in [1.82, 2.24) is 0 Å². The van der Waals surface area contributed by atoms with Crippen molar-refractivity contribution in [2.45, 2.75) is 18.3 Å². The Kier molecular flexibility index (Phi) is 6.44. The molecule has 2 N–H and O–H groups in total. The predicted molar refractivity (Wildman–Crippen MR) is 130 cm³/mol. The summed E-state index contributed by atoms with van der Waals surface area (Å²) in [6.07, 6.45) is 1.79. The molecule has 0 bridgehead atoms. The van der Waals surface area contributed by atoms with Crippen LogP contribution < -0.4 is 5.73 Å². The lowest BCUT2D eigenvalue weighted by Gasteiger charge is -2.38. The third kappa shape index (κ3) is 4.33. The van der Waals surface area contributed by atoms with Crippen molar-refractivity contribution in [2.75, 3.05) is 26.7 Å². The molecule has 0 spiro atoms. The summed E-state index contributed by atoms with van der Waals surface area (Å²) in [7, 11) is 2.28. The number of hydrogen-bond acceptors (Lipinski definition) is 1. The molecule has 1 aliphatic heterocycles. The van der Waals surface area contributed by atoms with E-state index >= 15 is 0 Å². The number of nitrogens with zero attached hydrogens (tertiary/aromatic N) is 1. The summed E-state index contributed by atoms with van der Waals surface area (Å²) >= 11 is 0. The first-order valence-electron chi connectivity index (χ1n) is 11.3. The maximum absolute atomic E-state index is 13.2. The fourth-order valence-corrected chi connectivity index (χ4v) is 5.28. The van der Waals surface area contributed by atoms with Gasteiger partial charge in [-0.3, -0.25) is 4.79 Å². The Balaban J connectivity index is 1.60. The van der Waals surface area contributed by atoms with Gasteiger partial charge in [0.05, 0.1) is 33.1 Å². The van der Waals surface area contributed by atoms with E-state index in [0.717, 1.165) is 53.6 Å². The summed E-state index contributed by atoms with van der Waals surface area (Å²) in [4.78, 5) is 13.2. The number of amides is 1. The zero-order valence-corrected chi connectivity index (χ0v) is 18.7. The molecule has 1 heterocycles. The molecule has 3 aromatic carbocycles. The van der Waals surface area contributed by atoms with Crippen LogP contribution in [0.25, 0.3) is 0 Å². The largest absolute Gasteiger partial charge is 0.369 e. The van der Waals surface area contributed by atoms with Gasteiger partial charge in [-0.1, -0.05) is 90.7 Å². The van der Waals surface area contributed by atoms with Crippen LogP contribution in [0.3, 0.4) is 0 Å². The van der Waals surface area contributed by atoms with Crippen LogP contribution >= 0.6 is 0 Å². The van der Waals surface area contributed by atoms with Gasteiger partial charge in [-0.05, 0) is 23.3 Å². The van der Waals surface area contributed by atoms with E-state index in [4.69, 9.17) is 5.73 Å². The third-order valence-corrected chi connectivity index (χ3v) is 6.92. The second-order valence-electron chi connectivity index (χ2n) is 9.06. The van der Waals surface area contributed by atoms with Crippen molar-refractivity contribution in [2.24, 2.45) is 11.7 Å². The van der Waals surface area contributed by atoms with Gasteiger partial charge < -0.3 is 10.2 Å². The maximum atomic E-state index is 13.2. The quantitative estimate of drug-likeness (QED) is 0.464. The molecule has 4 rings (SSSR count). The fraction of sp³-hybridized carbons (Fsp3) is 0.276. The molecule has 2 atom stereocenters. The topological polar surface area (TPSA) is 43.1 Å². The van der Waals surface area contributed by atoms with Gasteiger partial charge in [-0.15, -0.1) is 0 Å². The lowest BCUT2D eigenvalue weighted by atomic mass is 9.64. The van der Waals surface area contributed by atoms with Crippen LogP contribution in [0.1, 0.15) is 29.5 Å². The number of primary amides is 1. The molecule has 0 aromatic heterocycles. The third-order valence-electron chi connectivity index (χ3n) is 6.92. The molecule has 3 aromatic rings. The Hall–Kier alpha value is -3.35. The van der Waals surface area contributed by atoms with Gasteiger partial charge in [-0.25, -0.2) is 0 Å². The van der Waals surface area contributed by atoms with Crippen molar-refractivity contribution in [3.63, 3.8) is 0 Å². The van der Waals surface area contributed by atoms with E-state index in [0.29, 0.717) is 0 Å². The number of carbonyl (C=O) groups is 1. The number of hydrogen-bond donors (Lipinski definition) is 1. The van der Waals surface area contributed by atoms with Crippen molar-refractivity contribution < 1.29 is 9.28 Å². The Morgan fingerprint density at radius 3 is 2.00 bits per heavy atom. The van der Waals surface area contributed by atoms with Crippen LogP contribution in [0.15, 0.2) is 91.0 Å². The molecule has 162 valence electrons. The second-order valence-corrected chi connectivity index (χ2v) is 9.06. The van der Waals surface area contributed by atoms with Crippen LogP contribution in [0.2, 0.25) is 0 Å². The Labute approximate surface area is 191 Å². The first-order chi connectivity index (χ1) is 15.5. The second kappa shape index (κ2) is 9.42. The van der Waals surface area contributed by atoms with E-state index in [2.05, 4.69) is 18.9 Å². The molecule has 3 nitrogen and oxygen atoms in total. The van der Waals surface area contributed by atoms with Crippen LogP contribution in [0.5, 0.6) is 0 Å². The van der Waals surface area contributed by atoms with Crippen molar-refractivity contribution in [1.29, 1.82) is 0 Å². The molecule has 3 heteroatoms. The highest BCUT2D eigenvalue weighted by Gasteiger charge is 2.53. The summed E-state index contributed by atoms with van der Waals surface area (Å²) in [5.74, 6) is 6.47. The minimum Gasteiger partial charge on any atom is -0.369 e. The van der Waals surface area contributed by atoms with Crippen molar-refractivity contribution >= 4 is 5.91 Å². The number of rotatable bonds is 6. The fourth-order valence-electron chi connectivity index (χ4n) is 5.28.